The number of aryl methyl sites for hydroxylation is 2. The van der Waals surface area contributed by atoms with E-state index in [1.807, 2.05) is 18.4 Å². The first-order chi connectivity index (χ1) is 16.6. The van der Waals surface area contributed by atoms with Gasteiger partial charge in [-0.2, -0.15) is 18.2 Å². The molecule has 4 aromatic rings. The number of nitrogens with zero attached hydrogens (tertiary/aromatic N) is 4. The summed E-state index contributed by atoms with van der Waals surface area (Å²) in [6.07, 6.45) is -2.76. The molecular weight excluding hydrogens is 459 g/mol. The van der Waals surface area contributed by atoms with Crippen LogP contribution in [0.15, 0.2) is 60.9 Å². The van der Waals surface area contributed by atoms with Crippen LogP contribution in [0.4, 0.5) is 18.9 Å². The van der Waals surface area contributed by atoms with Crippen LogP contribution >= 0.6 is 0 Å². The van der Waals surface area contributed by atoms with Gasteiger partial charge >= 0.3 is 6.18 Å². The fourth-order valence-corrected chi connectivity index (χ4v) is 3.36. The maximum Gasteiger partial charge on any atom is 0.416 e. The number of carbonyl (C=O) groups is 1. The zero-order valence-electron chi connectivity index (χ0n) is 19.2. The van der Waals surface area contributed by atoms with Crippen LogP contribution in [0.25, 0.3) is 5.82 Å². The minimum Gasteiger partial charge on any atom is -0.439 e. The second-order valence-corrected chi connectivity index (χ2v) is 7.94. The third-order valence-corrected chi connectivity index (χ3v) is 5.31. The molecule has 0 aliphatic rings. The highest BCUT2D eigenvalue weighted by Crippen LogP contribution is 2.29. The first-order valence-corrected chi connectivity index (χ1v) is 10.7. The molecule has 0 bridgehead atoms. The number of alkyl halides is 3. The first-order valence-electron chi connectivity index (χ1n) is 10.7. The number of benzene rings is 2. The minimum absolute atomic E-state index is 0.0491. The van der Waals surface area contributed by atoms with Crippen LogP contribution < -0.4 is 10.1 Å². The maximum absolute atomic E-state index is 12.7. The number of hydrogen-bond acceptors (Lipinski definition) is 5. The molecular formula is C25H22F3N5O2. The lowest BCUT2D eigenvalue weighted by Gasteiger charge is -2.11. The second-order valence-electron chi connectivity index (χ2n) is 7.94. The smallest absolute Gasteiger partial charge is 0.416 e. The summed E-state index contributed by atoms with van der Waals surface area (Å²) in [4.78, 5) is 25.3. The lowest BCUT2D eigenvalue weighted by atomic mass is 10.1. The monoisotopic (exact) mass is 481 g/mol. The Kier molecular flexibility index (Phi) is 6.54. The van der Waals surface area contributed by atoms with E-state index in [4.69, 9.17) is 4.74 Å². The molecule has 2 aromatic carbocycles. The zero-order chi connectivity index (χ0) is 25.2. The van der Waals surface area contributed by atoms with E-state index in [9.17, 15) is 18.0 Å². The Balaban J connectivity index is 1.39. The number of aromatic nitrogens is 4. The van der Waals surface area contributed by atoms with Crippen molar-refractivity contribution in [1.82, 2.24) is 19.5 Å². The van der Waals surface area contributed by atoms with Crippen molar-refractivity contribution >= 4 is 11.6 Å². The van der Waals surface area contributed by atoms with Gasteiger partial charge in [-0.05, 0) is 62.7 Å². The number of ether oxygens (including phenoxy) is 1. The van der Waals surface area contributed by atoms with E-state index in [1.54, 1.807) is 43.6 Å². The fraction of sp³-hybridized carbons (Fsp3) is 0.200. The minimum atomic E-state index is -4.41. The molecule has 2 aromatic heterocycles. The lowest BCUT2D eigenvalue weighted by molar-refractivity contribution is -0.137. The van der Waals surface area contributed by atoms with Gasteiger partial charge in [-0.25, -0.2) is 9.97 Å². The Morgan fingerprint density at radius 1 is 1.00 bits per heavy atom. The van der Waals surface area contributed by atoms with Crippen molar-refractivity contribution in [2.45, 2.75) is 33.4 Å². The quantitative estimate of drug-likeness (QED) is 0.389. The normalized spacial score (nSPS) is 11.4. The van der Waals surface area contributed by atoms with Crippen molar-refractivity contribution in [2.75, 3.05) is 5.32 Å². The van der Waals surface area contributed by atoms with Crippen molar-refractivity contribution in [2.24, 2.45) is 0 Å². The molecule has 35 heavy (non-hydrogen) atoms. The summed E-state index contributed by atoms with van der Waals surface area (Å²) < 4.78 is 45.7. The fourth-order valence-electron chi connectivity index (χ4n) is 3.36. The van der Waals surface area contributed by atoms with Gasteiger partial charge in [0.15, 0.2) is 0 Å². The number of halogens is 3. The average molecular weight is 481 g/mol. The molecule has 1 N–H and O–H groups in total. The van der Waals surface area contributed by atoms with Crippen molar-refractivity contribution in [3.8, 4) is 17.4 Å². The molecule has 0 fully saturated rings. The Bertz CT molecular complexity index is 1350. The van der Waals surface area contributed by atoms with Crippen molar-refractivity contribution < 1.29 is 22.7 Å². The van der Waals surface area contributed by atoms with E-state index in [1.165, 1.54) is 12.1 Å². The van der Waals surface area contributed by atoms with Gasteiger partial charge in [0.05, 0.1) is 17.7 Å². The Morgan fingerprint density at radius 2 is 1.69 bits per heavy atom. The molecule has 0 saturated carbocycles. The second kappa shape index (κ2) is 9.57. The van der Waals surface area contributed by atoms with E-state index in [0.29, 0.717) is 34.5 Å². The summed E-state index contributed by atoms with van der Waals surface area (Å²) in [6, 6.07) is 12.9. The molecule has 1 amide bonds. The van der Waals surface area contributed by atoms with E-state index in [2.05, 4.69) is 20.3 Å². The first kappa shape index (κ1) is 23.9. The molecule has 2 heterocycles. The predicted molar refractivity (Wildman–Crippen MR) is 124 cm³/mol. The number of amides is 1. The topological polar surface area (TPSA) is 81.9 Å². The third kappa shape index (κ3) is 5.84. The Morgan fingerprint density at radius 3 is 2.29 bits per heavy atom. The average Bonchev–Trinajstić information content (AvgIpc) is 3.13. The molecule has 0 unspecified atom stereocenters. The molecule has 0 atom stereocenters. The molecule has 180 valence electrons. The molecule has 0 spiro atoms. The van der Waals surface area contributed by atoms with Gasteiger partial charge in [-0.3, -0.25) is 9.36 Å². The third-order valence-electron chi connectivity index (χ3n) is 5.31. The van der Waals surface area contributed by atoms with Crippen LogP contribution in [0.1, 0.15) is 28.3 Å². The summed E-state index contributed by atoms with van der Waals surface area (Å²) in [5, 5.41) is 2.72. The number of rotatable bonds is 6. The largest absolute Gasteiger partial charge is 0.439 e. The SMILES string of the molecule is Cc1nc(Oc2ccc(NC(=O)Cc3ccc(C(F)(F)F)cc3)cc2)cc(-n2cnc(C)c2C)n1. The number of nitrogens with one attached hydrogen (secondary N) is 1. The van der Waals surface area contributed by atoms with E-state index in [-0.39, 0.29) is 12.3 Å². The summed E-state index contributed by atoms with van der Waals surface area (Å²) >= 11 is 0. The maximum atomic E-state index is 12.7. The number of hydrogen-bond donors (Lipinski definition) is 1. The van der Waals surface area contributed by atoms with Crippen molar-refractivity contribution in [1.29, 1.82) is 0 Å². The molecule has 0 aliphatic carbocycles. The summed E-state index contributed by atoms with van der Waals surface area (Å²) in [5.41, 5.74) is 2.12. The highest BCUT2D eigenvalue weighted by molar-refractivity contribution is 5.92. The Hall–Kier alpha value is -4.21. The zero-order valence-corrected chi connectivity index (χ0v) is 19.2. The van der Waals surface area contributed by atoms with Crippen molar-refractivity contribution in [3.63, 3.8) is 0 Å². The standard InChI is InChI=1S/C25H22F3N5O2/c1-15-16(2)33(14-29-15)22-13-24(31-17(3)30-22)35-21-10-8-20(9-11-21)32-23(34)12-18-4-6-19(7-5-18)25(26,27)28/h4-11,13-14H,12H2,1-3H3,(H,32,34). The van der Waals surface area contributed by atoms with Gasteiger partial charge < -0.3 is 10.1 Å². The number of anilines is 1. The molecule has 10 heteroatoms. The highest BCUT2D eigenvalue weighted by atomic mass is 19.4. The molecule has 4 rings (SSSR count). The van der Waals surface area contributed by atoms with Crippen LogP contribution in [0, 0.1) is 20.8 Å². The molecule has 0 saturated heterocycles. The van der Waals surface area contributed by atoms with E-state index >= 15 is 0 Å². The number of imidazole rings is 1. The van der Waals surface area contributed by atoms with Crippen LogP contribution in [0.2, 0.25) is 0 Å². The Labute approximate surface area is 199 Å². The highest BCUT2D eigenvalue weighted by Gasteiger charge is 2.30. The van der Waals surface area contributed by atoms with Crippen LogP contribution in [-0.2, 0) is 17.4 Å². The van der Waals surface area contributed by atoms with Crippen LogP contribution in [-0.4, -0.2) is 25.4 Å². The molecule has 0 radical (unpaired) electrons. The van der Waals surface area contributed by atoms with Gasteiger partial charge in [-0.1, -0.05) is 12.1 Å². The summed E-state index contributed by atoms with van der Waals surface area (Å²) in [6.45, 7) is 5.64. The van der Waals surface area contributed by atoms with Gasteiger partial charge in [0.2, 0.25) is 11.8 Å². The summed E-state index contributed by atoms with van der Waals surface area (Å²) in [5.74, 6) is 1.69. The summed E-state index contributed by atoms with van der Waals surface area (Å²) in [7, 11) is 0. The van der Waals surface area contributed by atoms with E-state index < -0.39 is 11.7 Å². The van der Waals surface area contributed by atoms with Gasteiger partial charge in [0.25, 0.3) is 0 Å². The van der Waals surface area contributed by atoms with Gasteiger partial charge in [0, 0.05) is 17.4 Å². The predicted octanol–water partition coefficient (Wildman–Crippen LogP) is 5.58. The van der Waals surface area contributed by atoms with Crippen LogP contribution in [0.3, 0.4) is 0 Å². The van der Waals surface area contributed by atoms with E-state index in [0.717, 1.165) is 23.5 Å². The molecule has 0 aliphatic heterocycles. The van der Waals surface area contributed by atoms with Gasteiger partial charge in [0.1, 0.15) is 23.7 Å². The van der Waals surface area contributed by atoms with Crippen LogP contribution in [0.5, 0.6) is 11.6 Å². The molecule has 7 nitrogen and oxygen atoms in total. The number of carbonyl (C=O) groups excluding carboxylic acids is 1. The lowest BCUT2D eigenvalue weighted by Crippen LogP contribution is -2.14. The van der Waals surface area contributed by atoms with Crippen molar-refractivity contribution in [3.05, 3.63) is 89.3 Å². The van der Waals surface area contributed by atoms with Gasteiger partial charge in [-0.15, -0.1) is 0 Å².